The van der Waals surface area contributed by atoms with Gasteiger partial charge in [0.1, 0.15) is 17.4 Å². The molecule has 2 aromatic carbocycles. The van der Waals surface area contributed by atoms with Crippen LogP contribution in [0.4, 0.5) is 0 Å². The predicted molar refractivity (Wildman–Crippen MR) is 160 cm³/mol. The van der Waals surface area contributed by atoms with Crippen molar-refractivity contribution in [2.45, 2.75) is 59.1 Å². The largest absolute Gasteiger partial charge is 0.489 e. The second-order valence-corrected chi connectivity index (χ2v) is 11.1. The van der Waals surface area contributed by atoms with Crippen LogP contribution in [0.1, 0.15) is 67.9 Å². The van der Waals surface area contributed by atoms with E-state index in [9.17, 15) is 14.4 Å². The molecular formula is C33H36N2O5S. The number of carbonyl (C=O) groups excluding carboxylic acids is 3. The molecule has 0 radical (unpaired) electrons. The molecule has 1 aromatic heterocycles. The number of allylic oxidation sites excluding steroid dienone is 2. The second-order valence-electron chi connectivity index (χ2n) is 10.2. The zero-order valence-electron chi connectivity index (χ0n) is 23.7. The van der Waals surface area contributed by atoms with Crippen LogP contribution >= 0.6 is 11.3 Å². The fraction of sp³-hybridized carbons (Fsp3) is 0.333. The summed E-state index contributed by atoms with van der Waals surface area (Å²) >= 11 is 1.42. The third-order valence-corrected chi connectivity index (χ3v) is 7.85. The van der Waals surface area contributed by atoms with Gasteiger partial charge in [-0.15, -0.1) is 11.3 Å². The van der Waals surface area contributed by atoms with Crippen molar-refractivity contribution in [3.63, 3.8) is 0 Å². The number of hydrogen-bond acceptors (Lipinski definition) is 7. The minimum absolute atomic E-state index is 0.177. The van der Waals surface area contributed by atoms with Crippen molar-refractivity contribution in [3.8, 4) is 5.75 Å². The van der Waals surface area contributed by atoms with E-state index in [0.29, 0.717) is 35.9 Å². The molecule has 3 aromatic rings. The van der Waals surface area contributed by atoms with Gasteiger partial charge in [-0.3, -0.25) is 9.59 Å². The summed E-state index contributed by atoms with van der Waals surface area (Å²) in [5, 5.41) is 5.56. The molecule has 0 spiro atoms. The quantitative estimate of drug-likeness (QED) is 0.110. The molecule has 0 aliphatic heterocycles. The van der Waals surface area contributed by atoms with E-state index in [0.717, 1.165) is 41.7 Å². The Morgan fingerprint density at radius 3 is 2.44 bits per heavy atom. The highest BCUT2D eigenvalue weighted by Crippen LogP contribution is 2.29. The average molecular weight is 573 g/mol. The van der Waals surface area contributed by atoms with E-state index in [1.54, 1.807) is 19.9 Å². The zero-order chi connectivity index (χ0) is 29.2. The van der Waals surface area contributed by atoms with Gasteiger partial charge < -0.3 is 14.8 Å². The van der Waals surface area contributed by atoms with Crippen LogP contribution in [0, 0.1) is 5.92 Å². The number of benzene rings is 2. The van der Waals surface area contributed by atoms with Crippen molar-refractivity contribution in [2.75, 3.05) is 6.61 Å². The summed E-state index contributed by atoms with van der Waals surface area (Å²) in [6.07, 6.45) is 6.63. The fourth-order valence-electron chi connectivity index (χ4n) is 4.43. The van der Waals surface area contributed by atoms with Crippen molar-refractivity contribution in [1.82, 2.24) is 10.3 Å². The number of esters is 1. The van der Waals surface area contributed by atoms with Gasteiger partial charge in [0.15, 0.2) is 0 Å². The molecule has 1 fully saturated rings. The third-order valence-electron chi connectivity index (χ3n) is 6.87. The lowest BCUT2D eigenvalue weighted by Gasteiger charge is -2.24. The van der Waals surface area contributed by atoms with Crippen molar-refractivity contribution >= 4 is 35.1 Å². The molecule has 1 atom stereocenters. The Hall–Kier alpha value is -4.04. The highest BCUT2D eigenvalue weighted by atomic mass is 32.1. The Balaban J connectivity index is 1.48. The van der Waals surface area contributed by atoms with Gasteiger partial charge >= 0.3 is 5.97 Å². The molecule has 41 heavy (non-hydrogen) atoms. The summed E-state index contributed by atoms with van der Waals surface area (Å²) < 4.78 is 11.0. The number of carbonyl (C=O) groups is 3. The van der Waals surface area contributed by atoms with Gasteiger partial charge in [-0.1, -0.05) is 48.9 Å². The normalized spacial score (nSPS) is 14.6. The number of nitrogens with one attached hydrogen (secondary N) is 1. The number of ketones is 1. The number of rotatable bonds is 13. The van der Waals surface area contributed by atoms with Crippen LogP contribution in [0.15, 0.2) is 77.2 Å². The first-order valence-corrected chi connectivity index (χ1v) is 14.8. The first-order valence-electron chi connectivity index (χ1n) is 13.9. The number of aromatic nitrogens is 1. The molecule has 8 heteroatoms. The SMILES string of the molecule is CCOC(=O)/C(C)=C\C(C)=C\c1csc([C@H](Cc2ccc(OCc3ccccc3)cc2)NC(=O)C(=O)C2CCC2)n1. The predicted octanol–water partition coefficient (Wildman–Crippen LogP) is 6.40. The molecule has 0 bridgehead atoms. The Morgan fingerprint density at radius 2 is 1.78 bits per heavy atom. The van der Waals surface area contributed by atoms with E-state index < -0.39 is 11.9 Å². The lowest BCUT2D eigenvalue weighted by molar-refractivity contribution is -0.142. The Kier molecular flexibility index (Phi) is 10.6. The highest BCUT2D eigenvalue weighted by molar-refractivity contribution is 7.09. The summed E-state index contributed by atoms with van der Waals surface area (Å²) in [6.45, 7) is 6.17. The molecule has 214 valence electrons. The molecule has 0 saturated heterocycles. The molecule has 1 amide bonds. The van der Waals surface area contributed by atoms with E-state index in [2.05, 4.69) is 5.32 Å². The van der Waals surface area contributed by atoms with Gasteiger partial charge in [0.2, 0.25) is 5.78 Å². The number of ether oxygens (including phenoxy) is 2. The van der Waals surface area contributed by atoms with E-state index in [1.807, 2.05) is 73.0 Å². The number of hydrogen-bond donors (Lipinski definition) is 1. The second kappa shape index (κ2) is 14.6. The monoisotopic (exact) mass is 572 g/mol. The Labute approximate surface area is 245 Å². The van der Waals surface area contributed by atoms with Gasteiger partial charge in [0, 0.05) is 16.9 Å². The molecule has 1 N–H and O–H groups in total. The van der Waals surface area contributed by atoms with Gasteiger partial charge in [-0.2, -0.15) is 0 Å². The maximum Gasteiger partial charge on any atom is 0.333 e. The number of amides is 1. The van der Waals surface area contributed by atoms with Crippen molar-refractivity contribution < 1.29 is 23.9 Å². The van der Waals surface area contributed by atoms with Crippen molar-refractivity contribution in [1.29, 1.82) is 0 Å². The average Bonchev–Trinajstić information content (AvgIpc) is 3.40. The molecule has 4 rings (SSSR count). The van der Waals surface area contributed by atoms with E-state index in [4.69, 9.17) is 14.5 Å². The van der Waals surface area contributed by atoms with Crippen LogP contribution < -0.4 is 10.1 Å². The van der Waals surface area contributed by atoms with Gasteiger partial charge in [0.05, 0.1) is 18.3 Å². The van der Waals surface area contributed by atoms with Crippen LogP contribution in [0.5, 0.6) is 5.75 Å². The van der Waals surface area contributed by atoms with E-state index in [-0.39, 0.29) is 17.7 Å². The van der Waals surface area contributed by atoms with Gasteiger partial charge in [0.25, 0.3) is 5.91 Å². The topological polar surface area (TPSA) is 94.6 Å². The number of nitrogens with zero attached hydrogens (tertiary/aromatic N) is 1. The minimum atomic E-state index is -0.556. The maximum atomic E-state index is 12.9. The zero-order valence-corrected chi connectivity index (χ0v) is 24.5. The standard InChI is InChI=1S/C33H36N2O5S/c1-4-39-33(38)23(3)17-22(2)18-27-21-41-32(34-27)29(35-31(37)30(36)26-11-8-12-26)19-24-13-15-28(16-14-24)40-20-25-9-6-5-7-10-25/h5-7,9-10,13-18,21,26,29H,4,8,11-12,19-20H2,1-3H3,(H,35,37)/b22-18+,23-17-/t29-/m0/s1. The highest BCUT2D eigenvalue weighted by Gasteiger charge is 2.32. The first kappa shape index (κ1) is 29.9. The molecule has 1 aliphatic rings. The Morgan fingerprint density at radius 1 is 1.05 bits per heavy atom. The third kappa shape index (κ3) is 8.72. The van der Waals surface area contributed by atoms with Gasteiger partial charge in [-0.05, 0) is 81.0 Å². The molecule has 1 aliphatic carbocycles. The lowest BCUT2D eigenvalue weighted by Crippen LogP contribution is -2.40. The van der Waals surface area contributed by atoms with E-state index >= 15 is 0 Å². The fourth-order valence-corrected chi connectivity index (χ4v) is 5.26. The molecule has 1 heterocycles. The lowest BCUT2D eigenvalue weighted by atomic mass is 9.82. The van der Waals surface area contributed by atoms with Gasteiger partial charge in [-0.25, -0.2) is 9.78 Å². The number of Topliss-reactive ketones (excluding diaryl/α,β-unsaturated/α-hetero) is 1. The molecular weight excluding hydrogens is 536 g/mol. The van der Waals surface area contributed by atoms with Crippen molar-refractivity contribution in [3.05, 3.63) is 99.0 Å². The summed E-state index contributed by atoms with van der Waals surface area (Å²) in [5.41, 5.74) is 4.14. The van der Waals surface area contributed by atoms with E-state index in [1.165, 1.54) is 11.3 Å². The number of thiazole rings is 1. The summed E-state index contributed by atoms with van der Waals surface area (Å²) in [6, 6.07) is 17.3. The van der Waals surface area contributed by atoms with Crippen LogP contribution in [0.3, 0.4) is 0 Å². The molecule has 7 nitrogen and oxygen atoms in total. The maximum absolute atomic E-state index is 12.9. The summed E-state index contributed by atoms with van der Waals surface area (Å²) in [7, 11) is 0. The molecule has 0 unspecified atom stereocenters. The van der Waals surface area contributed by atoms with Crippen molar-refractivity contribution in [2.24, 2.45) is 5.92 Å². The van der Waals surface area contributed by atoms with Crippen LogP contribution in [-0.2, 0) is 32.1 Å². The first-order chi connectivity index (χ1) is 19.8. The van der Waals surface area contributed by atoms with Crippen LogP contribution in [0.2, 0.25) is 0 Å². The van der Waals surface area contributed by atoms with Crippen LogP contribution in [-0.4, -0.2) is 29.3 Å². The summed E-state index contributed by atoms with van der Waals surface area (Å²) in [4.78, 5) is 42.2. The smallest absolute Gasteiger partial charge is 0.333 e. The molecule has 1 saturated carbocycles. The minimum Gasteiger partial charge on any atom is -0.489 e. The van der Waals surface area contributed by atoms with Crippen LogP contribution in [0.25, 0.3) is 6.08 Å². The Bertz CT molecular complexity index is 1400. The summed E-state index contributed by atoms with van der Waals surface area (Å²) in [5.74, 6) is -0.683.